The summed E-state index contributed by atoms with van der Waals surface area (Å²) in [5.74, 6) is 0. The van der Waals surface area contributed by atoms with Gasteiger partial charge < -0.3 is 20.4 Å². The Balaban J connectivity index is 2.19. The molecule has 2 saturated heterocycles. The Morgan fingerprint density at radius 3 is 1.26 bits per heavy atom. The molecule has 2 aliphatic heterocycles. The Bertz CT molecular complexity index is 445. The van der Waals surface area contributed by atoms with Crippen LogP contribution in [0.15, 0.2) is 0 Å². The van der Waals surface area contributed by atoms with Crippen LogP contribution in [0.2, 0.25) is 0 Å². The highest BCUT2D eigenvalue weighted by Gasteiger charge is 2.50. The number of carbonyl (C=O) groups is 2. The van der Waals surface area contributed by atoms with Gasteiger partial charge in [0.1, 0.15) is 6.67 Å². The first kappa shape index (κ1) is 17.7. The molecule has 2 heterocycles. The first-order valence-electron chi connectivity index (χ1n) is 7.49. The van der Waals surface area contributed by atoms with Gasteiger partial charge in [-0.1, -0.05) is 0 Å². The fourth-order valence-electron chi connectivity index (χ4n) is 2.86. The highest BCUT2D eigenvalue weighted by Crippen LogP contribution is 2.27. The van der Waals surface area contributed by atoms with Crippen LogP contribution in [0.4, 0.5) is 9.59 Å². The number of urea groups is 2. The van der Waals surface area contributed by atoms with E-state index in [4.69, 9.17) is 0 Å². The van der Waals surface area contributed by atoms with Crippen LogP contribution in [-0.2, 0) is 0 Å². The summed E-state index contributed by atoms with van der Waals surface area (Å²) >= 11 is 0. The summed E-state index contributed by atoms with van der Waals surface area (Å²) in [5.41, 5.74) is 0. The highest BCUT2D eigenvalue weighted by atomic mass is 16.4. The van der Waals surface area contributed by atoms with Crippen molar-refractivity contribution in [2.45, 2.75) is 64.7 Å². The van der Waals surface area contributed by atoms with E-state index >= 15 is 0 Å². The number of amides is 4. The number of hydrogen-bond acceptors (Lipinski definition) is 6. The second kappa shape index (κ2) is 6.11. The second-order valence-corrected chi connectivity index (χ2v) is 6.30. The molecule has 0 spiro atoms. The second-order valence-electron chi connectivity index (χ2n) is 6.30. The monoisotopic (exact) mass is 332 g/mol. The van der Waals surface area contributed by atoms with Gasteiger partial charge in [0, 0.05) is 12.1 Å². The van der Waals surface area contributed by atoms with E-state index < -0.39 is 43.6 Å². The van der Waals surface area contributed by atoms with Crippen LogP contribution in [0.1, 0.15) is 27.7 Å². The summed E-state index contributed by atoms with van der Waals surface area (Å²) in [6, 6.07) is -2.02. The van der Waals surface area contributed by atoms with Crippen molar-refractivity contribution in [1.29, 1.82) is 0 Å². The molecule has 4 amide bonds. The van der Waals surface area contributed by atoms with Gasteiger partial charge in [0.25, 0.3) is 0 Å². The molecule has 4 unspecified atom stereocenters. The molecular weight excluding hydrogens is 308 g/mol. The van der Waals surface area contributed by atoms with Gasteiger partial charge in [-0.2, -0.15) is 0 Å². The lowest BCUT2D eigenvalue weighted by Crippen LogP contribution is -2.48. The Morgan fingerprint density at radius 1 is 0.739 bits per heavy atom. The topological polar surface area (TPSA) is 128 Å². The van der Waals surface area contributed by atoms with Crippen LogP contribution in [0.25, 0.3) is 0 Å². The Kier molecular flexibility index (Phi) is 4.71. The third kappa shape index (κ3) is 2.71. The fraction of sp³-hybridized carbons (Fsp3) is 0.846. The number of carbonyl (C=O) groups excluding carboxylic acids is 2. The van der Waals surface area contributed by atoms with Gasteiger partial charge in [0.05, 0.1) is 0 Å². The minimum atomic E-state index is -1.53. The van der Waals surface area contributed by atoms with E-state index in [9.17, 15) is 30.0 Å². The number of hydrogen-bond donors (Lipinski definition) is 4. The van der Waals surface area contributed by atoms with Gasteiger partial charge in [0.15, 0.2) is 24.9 Å². The zero-order chi connectivity index (χ0) is 17.6. The van der Waals surface area contributed by atoms with E-state index in [0.29, 0.717) is 0 Å². The van der Waals surface area contributed by atoms with Gasteiger partial charge in [-0.3, -0.25) is 19.6 Å². The van der Waals surface area contributed by atoms with Crippen LogP contribution < -0.4 is 0 Å². The van der Waals surface area contributed by atoms with E-state index in [2.05, 4.69) is 0 Å². The SMILES string of the molecule is CC(C)N1C(=O)N(CN2C(=O)N(C(C)C)C(O)C2O)C(O)C1O. The smallest absolute Gasteiger partial charge is 0.326 e. The molecule has 2 fully saturated rings. The van der Waals surface area contributed by atoms with Crippen LogP contribution >= 0.6 is 0 Å². The lowest BCUT2D eigenvalue weighted by Gasteiger charge is -2.27. The van der Waals surface area contributed by atoms with Crippen LogP contribution in [0.3, 0.4) is 0 Å². The summed E-state index contributed by atoms with van der Waals surface area (Å²) in [6.07, 6.45) is -5.92. The average Bonchev–Trinajstić information content (AvgIpc) is 2.78. The Morgan fingerprint density at radius 2 is 1.04 bits per heavy atom. The minimum absolute atomic E-state index is 0.353. The molecule has 10 nitrogen and oxygen atoms in total. The molecule has 0 saturated carbocycles. The normalized spacial score (nSPS) is 32.3. The average molecular weight is 332 g/mol. The number of nitrogens with zero attached hydrogens (tertiary/aromatic N) is 4. The van der Waals surface area contributed by atoms with Crippen molar-refractivity contribution in [1.82, 2.24) is 19.6 Å². The zero-order valence-electron chi connectivity index (χ0n) is 13.6. The van der Waals surface area contributed by atoms with Crippen molar-refractivity contribution >= 4 is 12.1 Å². The first-order chi connectivity index (χ1) is 10.6. The minimum Gasteiger partial charge on any atom is -0.369 e. The molecule has 4 atom stereocenters. The maximum Gasteiger partial charge on any atom is 0.326 e. The summed E-state index contributed by atoms with van der Waals surface area (Å²) < 4.78 is 0. The third-order valence-corrected chi connectivity index (χ3v) is 4.09. The summed E-state index contributed by atoms with van der Waals surface area (Å²) in [5, 5.41) is 40.0. The summed E-state index contributed by atoms with van der Waals surface area (Å²) in [4.78, 5) is 28.5. The van der Waals surface area contributed by atoms with Crippen molar-refractivity contribution in [3.63, 3.8) is 0 Å². The van der Waals surface area contributed by atoms with E-state index in [1.165, 1.54) is 0 Å². The predicted molar refractivity (Wildman–Crippen MR) is 77.3 cm³/mol. The number of aliphatic hydroxyl groups is 4. The number of rotatable bonds is 4. The molecule has 2 rings (SSSR count). The van der Waals surface area contributed by atoms with Crippen molar-refractivity contribution in [2.24, 2.45) is 0 Å². The van der Waals surface area contributed by atoms with Crippen molar-refractivity contribution in [3.8, 4) is 0 Å². The van der Waals surface area contributed by atoms with E-state index in [-0.39, 0.29) is 12.1 Å². The predicted octanol–water partition coefficient (Wildman–Crippen LogP) is -1.49. The van der Waals surface area contributed by atoms with Gasteiger partial charge >= 0.3 is 12.1 Å². The molecular formula is C13H24N4O6. The van der Waals surface area contributed by atoms with E-state index in [0.717, 1.165) is 19.6 Å². The molecule has 132 valence electrons. The molecule has 0 aromatic heterocycles. The first-order valence-corrected chi connectivity index (χ1v) is 7.49. The maximum absolute atomic E-state index is 12.3. The molecule has 0 aromatic rings. The van der Waals surface area contributed by atoms with Gasteiger partial charge in [-0.15, -0.1) is 0 Å². The molecule has 0 aromatic carbocycles. The van der Waals surface area contributed by atoms with Gasteiger partial charge in [-0.05, 0) is 27.7 Å². The standard InChI is InChI=1S/C13H24N4O6/c1-6(2)16-10(20)8(18)14(12(16)22)5-15-9(19)11(21)17(7(3)4)13(15)23/h6-11,18-21H,5H2,1-4H3. The van der Waals surface area contributed by atoms with Gasteiger partial charge in [-0.25, -0.2) is 9.59 Å². The molecule has 4 N–H and O–H groups in total. The molecule has 0 aliphatic carbocycles. The fourth-order valence-corrected chi connectivity index (χ4v) is 2.86. The lowest BCUT2D eigenvalue weighted by molar-refractivity contribution is -0.102. The van der Waals surface area contributed by atoms with Crippen LogP contribution in [0, 0.1) is 0 Å². The van der Waals surface area contributed by atoms with Crippen molar-refractivity contribution in [2.75, 3.05) is 6.67 Å². The maximum atomic E-state index is 12.3. The Hall–Kier alpha value is -1.62. The molecule has 10 heteroatoms. The summed E-state index contributed by atoms with van der Waals surface area (Å²) in [7, 11) is 0. The molecule has 23 heavy (non-hydrogen) atoms. The molecule has 2 aliphatic rings. The highest BCUT2D eigenvalue weighted by molar-refractivity contribution is 5.80. The van der Waals surface area contributed by atoms with Crippen LogP contribution in [0.5, 0.6) is 0 Å². The number of aliphatic hydroxyl groups excluding tert-OH is 4. The van der Waals surface area contributed by atoms with Crippen molar-refractivity contribution in [3.05, 3.63) is 0 Å². The largest absolute Gasteiger partial charge is 0.369 e. The van der Waals surface area contributed by atoms with E-state index in [1.807, 2.05) is 0 Å². The summed E-state index contributed by atoms with van der Waals surface area (Å²) in [6.45, 7) is 6.27. The van der Waals surface area contributed by atoms with Crippen LogP contribution in [-0.4, -0.2) is 95.8 Å². The third-order valence-electron chi connectivity index (χ3n) is 4.09. The zero-order valence-corrected chi connectivity index (χ0v) is 13.6. The quantitative estimate of drug-likeness (QED) is 0.496. The molecule has 0 bridgehead atoms. The van der Waals surface area contributed by atoms with Crippen molar-refractivity contribution < 1.29 is 30.0 Å². The Labute approximate surface area is 134 Å². The molecule has 0 radical (unpaired) electrons. The lowest BCUT2D eigenvalue weighted by atomic mass is 10.3. The van der Waals surface area contributed by atoms with Gasteiger partial charge in [0.2, 0.25) is 0 Å². The van der Waals surface area contributed by atoms with E-state index in [1.54, 1.807) is 27.7 Å².